The van der Waals surface area contributed by atoms with E-state index < -0.39 is 24.2 Å². The lowest BCUT2D eigenvalue weighted by molar-refractivity contribution is -0.138. The molecule has 1 heterocycles. The SMILES string of the molecule is O=C(O)C[C@@H]1[C@@H](O)CCN1C(=O)OCc1ccccc1. The molecule has 1 aromatic carbocycles. The molecule has 6 heteroatoms. The first-order valence-corrected chi connectivity index (χ1v) is 6.45. The van der Waals surface area contributed by atoms with Crippen LogP contribution in [0.1, 0.15) is 18.4 Å². The van der Waals surface area contributed by atoms with Gasteiger partial charge in [0.2, 0.25) is 0 Å². The van der Waals surface area contributed by atoms with Crippen molar-refractivity contribution in [3.8, 4) is 0 Å². The van der Waals surface area contributed by atoms with Gasteiger partial charge in [0.15, 0.2) is 0 Å². The Balaban J connectivity index is 1.92. The predicted octanol–water partition coefficient (Wildman–Crippen LogP) is 1.23. The van der Waals surface area contributed by atoms with Gasteiger partial charge in [0, 0.05) is 6.54 Å². The van der Waals surface area contributed by atoms with E-state index in [1.807, 2.05) is 30.3 Å². The Morgan fingerprint density at radius 1 is 1.30 bits per heavy atom. The average molecular weight is 279 g/mol. The van der Waals surface area contributed by atoms with Crippen LogP contribution in [-0.2, 0) is 16.1 Å². The first-order valence-electron chi connectivity index (χ1n) is 6.45. The molecule has 0 aromatic heterocycles. The zero-order valence-electron chi connectivity index (χ0n) is 10.9. The Morgan fingerprint density at radius 2 is 2.00 bits per heavy atom. The highest BCUT2D eigenvalue weighted by molar-refractivity contribution is 5.72. The molecule has 6 nitrogen and oxygen atoms in total. The second kappa shape index (κ2) is 6.38. The lowest BCUT2D eigenvalue weighted by Crippen LogP contribution is -2.41. The van der Waals surface area contributed by atoms with E-state index in [9.17, 15) is 14.7 Å². The van der Waals surface area contributed by atoms with Crippen molar-refractivity contribution in [3.05, 3.63) is 35.9 Å². The largest absolute Gasteiger partial charge is 0.481 e. The molecule has 0 aliphatic carbocycles. The molecule has 108 valence electrons. The number of hydrogen-bond acceptors (Lipinski definition) is 4. The summed E-state index contributed by atoms with van der Waals surface area (Å²) in [5, 5.41) is 18.5. The molecule has 0 radical (unpaired) electrons. The van der Waals surface area contributed by atoms with Gasteiger partial charge in [-0.25, -0.2) is 4.79 Å². The van der Waals surface area contributed by atoms with Gasteiger partial charge in [-0.3, -0.25) is 4.79 Å². The summed E-state index contributed by atoms with van der Waals surface area (Å²) in [6.45, 7) is 0.443. The van der Waals surface area contributed by atoms with Crippen LogP contribution in [0.25, 0.3) is 0 Å². The molecule has 20 heavy (non-hydrogen) atoms. The van der Waals surface area contributed by atoms with E-state index in [0.29, 0.717) is 13.0 Å². The average Bonchev–Trinajstić information content (AvgIpc) is 2.78. The van der Waals surface area contributed by atoms with Gasteiger partial charge in [-0.05, 0) is 12.0 Å². The van der Waals surface area contributed by atoms with Gasteiger partial charge in [0.05, 0.1) is 18.6 Å². The maximum absolute atomic E-state index is 12.0. The van der Waals surface area contributed by atoms with Crippen LogP contribution in [0.4, 0.5) is 4.79 Å². The minimum atomic E-state index is -1.04. The van der Waals surface area contributed by atoms with Crippen LogP contribution in [-0.4, -0.2) is 45.9 Å². The monoisotopic (exact) mass is 279 g/mol. The zero-order valence-corrected chi connectivity index (χ0v) is 10.9. The molecule has 2 atom stereocenters. The number of hydrogen-bond donors (Lipinski definition) is 2. The van der Waals surface area contributed by atoms with E-state index >= 15 is 0 Å². The van der Waals surface area contributed by atoms with Crippen molar-refractivity contribution in [3.63, 3.8) is 0 Å². The van der Waals surface area contributed by atoms with Crippen LogP contribution >= 0.6 is 0 Å². The molecule has 1 aromatic rings. The van der Waals surface area contributed by atoms with Gasteiger partial charge in [-0.15, -0.1) is 0 Å². The number of ether oxygens (including phenoxy) is 1. The van der Waals surface area contributed by atoms with Crippen LogP contribution in [0.2, 0.25) is 0 Å². The number of rotatable bonds is 4. The van der Waals surface area contributed by atoms with Crippen LogP contribution in [0.3, 0.4) is 0 Å². The first-order chi connectivity index (χ1) is 9.58. The molecular formula is C14H17NO5. The molecule has 1 aliphatic heterocycles. The normalized spacial score (nSPS) is 21.8. The molecule has 1 saturated heterocycles. The molecule has 1 amide bonds. The Kier molecular flexibility index (Phi) is 4.57. The third kappa shape index (κ3) is 3.48. The zero-order chi connectivity index (χ0) is 14.5. The van der Waals surface area contributed by atoms with Crippen molar-refractivity contribution in [2.45, 2.75) is 31.6 Å². The second-order valence-corrected chi connectivity index (χ2v) is 4.75. The lowest BCUT2D eigenvalue weighted by Gasteiger charge is -2.24. The van der Waals surface area contributed by atoms with Crippen molar-refractivity contribution >= 4 is 12.1 Å². The van der Waals surface area contributed by atoms with Gasteiger partial charge in [-0.1, -0.05) is 30.3 Å². The number of likely N-dealkylation sites (tertiary alicyclic amines) is 1. The maximum Gasteiger partial charge on any atom is 0.410 e. The molecule has 0 unspecified atom stereocenters. The molecular weight excluding hydrogens is 262 g/mol. The van der Waals surface area contributed by atoms with Crippen LogP contribution in [0.15, 0.2) is 30.3 Å². The van der Waals surface area contributed by atoms with Gasteiger partial charge >= 0.3 is 12.1 Å². The number of aliphatic hydroxyl groups is 1. The second-order valence-electron chi connectivity index (χ2n) is 4.75. The predicted molar refractivity (Wildman–Crippen MR) is 70.0 cm³/mol. The fourth-order valence-electron chi connectivity index (χ4n) is 2.29. The summed E-state index contributed by atoms with van der Waals surface area (Å²) < 4.78 is 5.16. The molecule has 0 spiro atoms. The maximum atomic E-state index is 12.0. The summed E-state index contributed by atoms with van der Waals surface area (Å²) in [6.07, 6.45) is -1.30. The Hall–Kier alpha value is -2.08. The third-order valence-electron chi connectivity index (χ3n) is 3.33. The van der Waals surface area contributed by atoms with Gasteiger partial charge in [0.25, 0.3) is 0 Å². The number of carboxylic acids is 1. The van der Waals surface area contributed by atoms with Crippen molar-refractivity contribution < 1.29 is 24.5 Å². The minimum Gasteiger partial charge on any atom is -0.481 e. The summed E-state index contributed by atoms with van der Waals surface area (Å²) in [6, 6.07) is 8.51. The lowest BCUT2D eigenvalue weighted by atomic mass is 10.1. The number of amides is 1. The number of benzene rings is 1. The highest BCUT2D eigenvalue weighted by atomic mass is 16.6. The summed E-state index contributed by atoms with van der Waals surface area (Å²) in [5.74, 6) is -1.04. The number of carbonyl (C=O) groups is 2. The van der Waals surface area contributed by atoms with Gasteiger partial charge < -0.3 is 19.8 Å². The number of nitrogens with zero attached hydrogens (tertiary/aromatic N) is 1. The molecule has 1 fully saturated rings. The van der Waals surface area contributed by atoms with Crippen molar-refractivity contribution in [1.82, 2.24) is 4.90 Å². The fourth-order valence-corrected chi connectivity index (χ4v) is 2.29. The molecule has 1 aliphatic rings. The number of aliphatic carboxylic acids is 1. The number of carboxylic acid groups (broad SMARTS) is 1. The van der Waals surface area contributed by atoms with E-state index in [-0.39, 0.29) is 13.0 Å². The smallest absolute Gasteiger partial charge is 0.410 e. The van der Waals surface area contributed by atoms with Crippen LogP contribution in [0, 0.1) is 0 Å². The topological polar surface area (TPSA) is 87.1 Å². The van der Waals surface area contributed by atoms with E-state index in [0.717, 1.165) is 5.56 Å². The Bertz CT molecular complexity index is 476. The first kappa shape index (κ1) is 14.3. The molecule has 0 bridgehead atoms. The fraction of sp³-hybridized carbons (Fsp3) is 0.429. The molecule has 0 saturated carbocycles. The molecule has 2 rings (SSSR count). The van der Waals surface area contributed by atoms with Crippen molar-refractivity contribution in [2.24, 2.45) is 0 Å². The van der Waals surface area contributed by atoms with E-state index in [1.165, 1.54) is 4.90 Å². The number of aliphatic hydroxyl groups excluding tert-OH is 1. The van der Waals surface area contributed by atoms with Gasteiger partial charge in [-0.2, -0.15) is 0 Å². The third-order valence-corrected chi connectivity index (χ3v) is 3.33. The highest BCUT2D eigenvalue weighted by Gasteiger charge is 2.38. The summed E-state index contributed by atoms with van der Waals surface area (Å²) in [5.41, 5.74) is 0.857. The van der Waals surface area contributed by atoms with Crippen LogP contribution < -0.4 is 0 Å². The minimum absolute atomic E-state index is 0.131. The summed E-state index contributed by atoms with van der Waals surface area (Å²) in [7, 11) is 0. The van der Waals surface area contributed by atoms with Gasteiger partial charge in [0.1, 0.15) is 6.61 Å². The van der Waals surface area contributed by atoms with Crippen molar-refractivity contribution in [2.75, 3.05) is 6.54 Å². The quantitative estimate of drug-likeness (QED) is 0.865. The Labute approximate surface area is 116 Å². The van der Waals surface area contributed by atoms with E-state index in [2.05, 4.69) is 0 Å². The highest BCUT2D eigenvalue weighted by Crippen LogP contribution is 2.22. The summed E-state index contributed by atoms with van der Waals surface area (Å²) >= 11 is 0. The standard InChI is InChI=1S/C14H17NO5/c16-12-6-7-15(11(12)8-13(17)18)14(19)20-9-10-4-2-1-3-5-10/h1-5,11-12,16H,6-9H2,(H,17,18)/t11-,12+/m1/s1. The summed E-state index contributed by atoms with van der Waals surface area (Å²) in [4.78, 5) is 24.0. The van der Waals surface area contributed by atoms with E-state index in [1.54, 1.807) is 0 Å². The van der Waals surface area contributed by atoms with Crippen molar-refractivity contribution in [1.29, 1.82) is 0 Å². The Morgan fingerprint density at radius 3 is 2.65 bits per heavy atom. The number of carbonyl (C=O) groups excluding carboxylic acids is 1. The molecule has 2 N–H and O–H groups in total. The van der Waals surface area contributed by atoms with E-state index in [4.69, 9.17) is 9.84 Å². The van der Waals surface area contributed by atoms with Crippen LogP contribution in [0.5, 0.6) is 0 Å².